The molecule has 4 nitrogen and oxygen atoms in total. The highest BCUT2D eigenvalue weighted by atomic mass is 15.1. The molecule has 0 fully saturated rings. The first-order chi connectivity index (χ1) is 27.8. The smallest absolute Gasteiger partial charge is 0.165 e. The number of nitrogens with zero attached hydrogens (tertiary/aromatic N) is 4. The Kier molecular flexibility index (Phi) is 6.60. The monoisotopic (exact) mass is 712 g/mol. The lowest BCUT2D eigenvalue weighted by Gasteiger charge is -2.16. The van der Waals surface area contributed by atoms with Gasteiger partial charge in [-0.1, -0.05) is 158 Å². The molecule has 4 heteroatoms. The third-order valence-electron chi connectivity index (χ3n) is 11.5. The van der Waals surface area contributed by atoms with Crippen molar-refractivity contribution in [1.82, 2.24) is 19.1 Å². The van der Waals surface area contributed by atoms with Crippen LogP contribution < -0.4 is 0 Å². The zero-order chi connectivity index (χ0) is 36.7. The lowest BCUT2D eigenvalue weighted by atomic mass is 9.99. The molecule has 0 amide bonds. The molecule has 0 radical (unpaired) electrons. The summed E-state index contributed by atoms with van der Waals surface area (Å²) in [6, 6.07) is 69.3. The van der Waals surface area contributed by atoms with E-state index in [1.54, 1.807) is 0 Å². The molecular formula is C52H32N4. The van der Waals surface area contributed by atoms with E-state index in [0.29, 0.717) is 0 Å². The van der Waals surface area contributed by atoms with Crippen LogP contribution in [0.15, 0.2) is 194 Å². The minimum absolute atomic E-state index is 0.815. The number of fused-ring (bicyclic) bond motifs is 13. The Hall–Kier alpha value is -7.56. The van der Waals surface area contributed by atoms with Gasteiger partial charge in [0.05, 0.1) is 33.1 Å². The summed E-state index contributed by atoms with van der Waals surface area (Å²) in [4.78, 5) is 11.3. The van der Waals surface area contributed by atoms with Crippen LogP contribution in [0, 0.1) is 0 Å². The van der Waals surface area contributed by atoms with Crippen LogP contribution >= 0.6 is 0 Å². The highest BCUT2D eigenvalue weighted by Gasteiger charge is 2.24. The summed E-state index contributed by atoms with van der Waals surface area (Å²) in [6.07, 6.45) is 0. The second-order valence-electron chi connectivity index (χ2n) is 14.5. The molecule has 0 saturated carbocycles. The highest BCUT2D eigenvalue weighted by Crippen LogP contribution is 2.44. The SMILES string of the molecule is c1ccc(-c2ccc(-n3c4ccccc4c4c5c6ccccc6n(-c6nc7c8ccccc8c8ccccc8c7nc6-c6ccccc6)c5ccc43)cc2)cc1. The average Bonchev–Trinajstić information content (AvgIpc) is 3.79. The van der Waals surface area contributed by atoms with Gasteiger partial charge in [0.2, 0.25) is 0 Å². The minimum atomic E-state index is 0.815. The van der Waals surface area contributed by atoms with Crippen LogP contribution in [0.4, 0.5) is 0 Å². The van der Waals surface area contributed by atoms with Crippen LogP contribution in [0.1, 0.15) is 0 Å². The van der Waals surface area contributed by atoms with Gasteiger partial charge in [-0.15, -0.1) is 0 Å². The van der Waals surface area contributed by atoms with Crippen LogP contribution in [0.3, 0.4) is 0 Å². The lowest BCUT2D eigenvalue weighted by Crippen LogP contribution is -2.04. The van der Waals surface area contributed by atoms with Crippen molar-refractivity contribution in [3.63, 3.8) is 0 Å². The van der Waals surface area contributed by atoms with Crippen molar-refractivity contribution in [3.05, 3.63) is 194 Å². The number of aromatic nitrogens is 4. The number of benzene rings is 9. The summed E-state index contributed by atoms with van der Waals surface area (Å²) in [5, 5.41) is 9.39. The van der Waals surface area contributed by atoms with Crippen LogP contribution in [-0.4, -0.2) is 19.1 Å². The van der Waals surface area contributed by atoms with E-state index in [1.165, 1.54) is 54.5 Å². The van der Waals surface area contributed by atoms with Gasteiger partial charge in [-0.2, -0.15) is 0 Å². The van der Waals surface area contributed by atoms with Gasteiger partial charge in [0.15, 0.2) is 5.82 Å². The van der Waals surface area contributed by atoms with Crippen molar-refractivity contribution < 1.29 is 0 Å². The van der Waals surface area contributed by atoms with Crippen molar-refractivity contribution in [1.29, 1.82) is 0 Å². The summed E-state index contributed by atoms with van der Waals surface area (Å²) in [6.45, 7) is 0. The van der Waals surface area contributed by atoms with Gasteiger partial charge < -0.3 is 4.57 Å². The van der Waals surface area contributed by atoms with Crippen molar-refractivity contribution in [3.8, 4) is 33.9 Å². The van der Waals surface area contributed by atoms with E-state index in [1.807, 2.05) is 0 Å². The molecule has 12 rings (SSSR count). The maximum absolute atomic E-state index is 5.70. The Morgan fingerprint density at radius 3 is 1.30 bits per heavy atom. The van der Waals surface area contributed by atoms with Crippen molar-refractivity contribution >= 4 is 76.2 Å². The molecule has 56 heavy (non-hydrogen) atoms. The standard InChI is InChI=1S/C52H32N4/c1-3-15-33(16-4-1)34-27-29-36(30-28-34)55-43-25-13-11-23-41(43)47-45(55)31-32-46-48(47)42-24-12-14-26-44(42)56(46)52-49(35-17-5-2-6-18-35)53-50-39-21-9-7-19-37(39)38-20-8-10-22-40(38)51(50)54-52/h1-32H. The number of hydrogen-bond acceptors (Lipinski definition) is 2. The normalized spacial score (nSPS) is 11.9. The average molecular weight is 713 g/mol. The first-order valence-electron chi connectivity index (χ1n) is 19.1. The molecule has 0 N–H and O–H groups in total. The zero-order valence-electron chi connectivity index (χ0n) is 30.3. The Labute approximate surface area is 322 Å². The maximum atomic E-state index is 5.70. The molecule has 9 aromatic carbocycles. The number of hydrogen-bond donors (Lipinski definition) is 0. The minimum Gasteiger partial charge on any atom is -0.309 e. The topological polar surface area (TPSA) is 35.6 Å². The molecular weight excluding hydrogens is 681 g/mol. The largest absolute Gasteiger partial charge is 0.309 e. The third-order valence-corrected chi connectivity index (χ3v) is 11.5. The van der Waals surface area contributed by atoms with Crippen LogP contribution in [0.25, 0.3) is 110 Å². The van der Waals surface area contributed by atoms with Gasteiger partial charge in [0, 0.05) is 43.6 Å². The van der Waals surface area contributed by atoms with Crippen molar-refractivity contribution in [2.24, 2.45) is 0 Å². The predicted octanol–water partition coefficient (Wildman–Crippen LogP) is 13.5. The molecule has 0 bridgehead atoms. The van der Waals surface area contributed by atoms with E-state index < -0.39 is 0 Å². The Balaban J connectivity index is 1.20. The van der Waals surface area contributed by atoms with Crippen molar-refractivity contribution in [2.45, 2.75) is 0 Å². The predicted molar refractivity (Wildman–Crippen MR) is 234 cm³/mol. The maximum Gasteiger partial charge on any atom is 0.165 e. The summed E-state index contributed by atoms with van der Waals surface area (Å²) in [5.74, 6) is 0.815. The first kappa shape index (κ1) is 30.9. The molecule has 0 spiro atoms. The molecule has 260 valence electrons. The van der Waals surface area contributed by atoms with Gasteiger partial charge in [-0.25, -0.2) is 9.97 Å². The van der Waals surface area contributed by atoms with Gasteiger partial charge in [-0.05, 0) is 58.3 Å². The molecule has 0 atom stereocenters. The fourth-order valence-electron chi connectivity index (χ4n) is 9.05. The third kappa shape index (κ3) is 4.41. The van der Waals surface area contributed by atoms with E-state index in [0.717, 1.165) is 55.6 Å². The van der Waals surface area contributed by atoms with Gasteiger partial charge >= 0.3 is 0 Å². The summed E-state index contributed by atoms with van der Waals surface area (Å²) >= 11 is 0. The second kappa shape index (κ2) is 12.0. The molecule has 12 aromatic rings. The fraction of sp³-hybridized carbons (Fsp3) is 0. The van der Waals surface area contributed by atoms with E-state index in [9.17, 15) is 0 Å². The number of rotatable bonds is 4. The van der Waals surface area contributed by atoms with E-state index in [4.69, 9.17) is 9.97 Å². The van der Waals surface area contributed by atoms with Crippen LogP contribution in [0.2, 0.25) is 0 Å². The second-order valence-corrected chi connectivity index (χ2v) is 14.5. The van der Waals surface area contributed by atoms with Gasteiger partial charge in [0.25, 0.3) is 0 Å². The van der Waals surface area contributed by atoms with Gasteiger partial charge in [-0.3, -0.25) is 4.57 Å². The lowest BCUT2D eigenvalue weighted by molar-refractivity contribution is 1.08. The van der Waals surface area contributed by atoms with Crippen molar-refractivity contribution in [2.75, 3.05) is 0 Å². The van der Waals surface area contributed by atoms with E-state index in [-0.39, 0.29) is 0 Å². The van der Waals surface area contributed by atoms with Crippen LogP contribution in [0.5, 0.6) is 0 Å². The summed E-state index contributed by atoms with van der Waals surface area (Å²) in [5.41, 5.74) is 11.8. The quantitative estimate of drug-likeness (QED) is 0.170. The number of para-hydroxylation sites is 2. The zero-order valence-corrected chi connectivity index (χ0v) is 30.3. The van der Waals surface area contributed by atoms with E-state index >= 15 is 0 Å². The Bertz CT molecular complexity index is 3510. The Morgan fingerprint density at radius 2 is 0.714 bits per heavy atom. The van der Waals surface area contributed by atoms with E-state index in [2.05, 4.69) is 203 Å². The molecule has 0 aliphatic carbocycles. The summed E-state index contributed by atoms with van der Waals surface area (Å²) in [7, 11) is 0. The summed E-state index contributed by atoms with van der Waals surface area (Å²) < 4.78 is 4.76. The molecule has 0 saturated heterocycles. The van der Waals surface area contributed by atoms with Gasteiger partial charge in [0.1, 0.15) is 5.69 Å². The molecule has 3 aromatic heterocycles. The Morgan fingerprint density at radius 1 is 0.286 bits per heavy atom. The molecule has 0 unspecified atom stereocenters. The highest BCUT2D eigenvalue weighted by molar-refractivity contribution is 6.29. The molecule has 0 aliphatic heterocycles. The first-order valence-corrected chi connectivity index (χ1v) is 19.1. The molecule has 3 heterocycles. The fourth-order valence-corrected chi connectivity index (χ4v) is 9.05. The van der Waals surface area contributed by atoms with Crippen LogP contribution in [-0.2, 0) is 0 Å². The molecule has 0 aliphatic rings.